The summed E-state index contributed by atoms with van der Waals surface area (Å²) < 4.78 is 10.8. The summed E-state index contributed by atoms with van der Waals surface area (Å²) >= 11 is 0. The second-order valence-electron chi connectivity index (χ2n) is 4.70. The Kier molecular flexibility index (Phi) is 2.85. The van der Waals surface area contributed by atoms with Crippen LogP contribution < -0.4 is 0 Å². The van der Waals surface area contributed by atoms with E-state index in [0.717, 1.165) is 12.0 Å². The Morgan fingerprint density at radius 2 is 2.21 bits per heavy atom. The van der Waals surface area contributed by atoms with E-state index in [1.807, 2.05) is 42.5 Å². The van der Waals surface area contributed by atoms with Crippen LogP contribution in [-0.4, -0.2) is 30.6 Å². The van der Waals surface area contributed by atoms with Gasteiger partial charge < -0.3 is 9.47 Å². The fourth-order valence-electron chi connectivity index (χ4n) is 2.56. The highest BCUT2D eigenvalue weighted by atomic mass is 16.5. The van der Waals surface area contributed by atoms with Crippen LogP contribution >= 0.6 is 0 Å². The first-order valence-electron chi connectivity index (χ1n) is 6.33. The fraction of sp³-hybridized carbons (Fsp3) is 0.333. The van der Waals surface area contributed by atoms with Crippen molar-refractivity contribution in [2.24, 2.45) is 4.99 Å². The molecular weight excluding hydrogens is 242 g/mol. The molecule has 2 aliphatic rings. The maximum absolute atomic E-state index is 12.1. The molecule has 1 aliphatic carbocycles. The van der Waals surface area contributed by atoms with Crippen LogP contribution in [0.5, 0.6) is 0 Å². The predicted octanol–water partition coefficient (Wildman–Crippen LogP) is 2.09. The first kappa shape index (κ1) is 12.0. The second-order valence-corrected chi connectivity index (χ2v) is 4.70. The number of hydrogen-bond donors (Lipinski definition) is 0. The SMILES string of the molecule is COC(=O)[C@@]12CCC=C[C@@H]1OC(c1ccccc1)=N2. The molecule has 0 saturated heterocycles. The van der Waals surface area contributed by atoms with E-state index in [1.165, 1.54) is 7.11 Å². The van der Waals surface area contributed by atoms with E-state index in [-0.39, 0.29) is 12.1 Å². The molecule has 4 heteroatoms. The number of carbonyl (C=O) groups is 1. The molecule has 0 unspecified atom stereocenters. The number of rotatable bonds is 2. The number of ether oxygens (including phenoxy) is 2. The average Bonchev–Trinajstić information content (AvgIpc) is 2.88. The average molecular weight is 257 g/mol. The van der Waals surface area contributed by atoms with Gasteiger partial charge in [0.15, 0.2) is 6.10 Å². The van der Waals surface area contributed by atoms with Gasteiger partial charge in [0.25, 0.3) is 0 Å². The molecule has 0 aromatic heterocycles. The molecule has 98 valence electrons. The quantitative estimate of drug-likeness (QED) is 0.602. The normalized spacial score (nSPS) is 28.3. The van der Waals surface area contributed by atoms with Crippen molar-refractivity contribution >= 4 is 11.9 Å². The minimum atomic E-state index is -0.908. The Balaban J connectivity index is 2.02. The van der Waals surface area contributed by atoms with E-state index < -0.39 is 5.54 Å². The van der Waals surface area contributed by atoms with Crippen LogP contribution in [-0.2, 0) is 14.3 Å². The molecule has 4 nitrogen and oxygen atoms in total. The van der Waals surface area contributed by atoms with Crippen LogP contribution in [0.2, 0.25) is 0 Å². The summed E-state index contributed by atoms with van der Waals surface area (Å²) in [4.78, 5) is 16.7. The minimum absolute atomic E-state index is 0.326. The van der Waals surface area contributed by atoms with Crippen LogP contribution in [0.3, 0.4) is 0 Å². The van der Waals surface area contributed by atoms with Gasteiger partial charge in [0, 0.05) is 5.56 Å². The van der Waals surface area contributed by atoms with Gasteiger partial charge in [0.2, 0.25) is 11.4 Å². The van der Waals surface area contributed by atoms with Crippen molar-refractivity contribution in [3.8, 4) is 0 Å². The Hall–Kier alpha value is -2.10. The molecule has 0 N–H and O–H groups in total. The topological polar surface area (TPSA) is 47.9 Å². The molecule has 0 saturated carbocycles. The Labute approximate surface area is 111 Å². The van der Waals surface area contributed by atoms with Gasteiger partial charge in [-0.2, -0.15) is 0 Å². The number of allylic oxidation sites excluding steroid dienone is 1. The molecule has 2 atom stereocenters. The van der Waals surface area contributed by atoms with Gasteiger partial charge in [0.1, 0.15) is 0 Å². The van der Waals surface area contributed by atoms with Crippen LogP contribution in [0.15, 0.2) is 47.5 Å². The summed E-state index contributed by atoms with van der Waals surface area (Å²) in [6, 6.07) is 9.62. The number of hydrogen-bond acceptors (Lipinski definition) is 4. The van der Waals surface area contributed by atoms with Crippen molar-refractivity contribution in [3.63, 3.8) is 0 Å². The fourth-order valence-corrected chi connectivity index (χ4v) is 2.56. The summed E-state index contributed by atoms with van der Waals surface area (Å²) in [6.07, 6.45) is 5.00. The van der Waals surface area contributed by atoms with Gasteiger partial charge in [0.05, 0.1) is 7.11 Å². The van der Waals surface area contributed by atoms with Gasteiger partial charge >= 0.3 is 5.97 Å². The second kappa shape index (κ2) is 4.53. The number of carbonyl (C=O) groups excluding carboxylic acids is 1. The third-order valence-electron chi connectivity index (χ3n) is 3.57. The monoisotopic (exact) mass is 257 g/mol. The molecule has 1 aromatic rings. The molecule has 3 rings (SSSR count). The third kappa shape index (κ3) is 1.84. The van der Waals surface area contributed by atoms with Crippen LogP contribution in [0.4, 0.5) is 0 Å². The highest BCUT2D eigenvalue weighted by Crippen LogP contribution is 2.37. The first-order chi connectivity index (χ1) is 9.26. The molecular formula is C15H15NO3. The molecule has 0 radical (unpaired) electrons. The Morgan fingerprint density at radius 1 is 1.42 bits per heavy atom. The molecule has 1 heterocycles. The van der Waals surface area contributed by atoms with E-state index in [0.29, 0.717) is 12.3 Å². The number of benzene rings is 1. The van der Waals surface area contributed by atoms with Crippen molar-refractivity contribution in [3.05, 3.63) is 48.0 Å². The Bertz CT molecular complexity index is 550. The lowest BCUT2D eigenvalue weighted by molar-refractivity contribution is -0.149. The number of fused-ring (bicyclic) bond motifs is 1. The van der Waals surface area contributed by atoms with Crippen LogP contribution in [0, 0.1) is 0 Å². The summed E-state index contributed by atoms with van der Waals surface area (Å²) in [5.41, 5.74) is -0.0251. The van der Waals surface area contributed by atoms with E-state index in [1.54, 1.807) is 0 Å². The van der Waals surface area contributed by atoms with Crippen LogP contribution in [0.25, 0.3) is 0 Å². The van der Waals surface area contributed by atoms with Crippen molar-refractivity contribution < 1.29 is 14.3 Å². The van der Waals surface area contributed by atoms with Gasteiger partial charge in [-0.05, 0) is 31.1 Å². The standard InChI is InChI=1S/C15H15NO3/c1-18-14(17)15-10-6-5-9-12(15)19-13(16-15)11-7-3-2-4-8-11/h2-5,7-9,12H,6,10H2,1H3/t12-,15+/m0/s1. The van der Waals surface area contributed by atoms with Gasteiger partial charge in [-0.3, -0.25) is 0 Å². The molecule has 19 heavy (non-hydrogen) atoms. The summed E-state index contributed by atoms with van der Waals surface area (Å²) in [5, 5.41) is 0. The molecule has 0 fully saturated rings. The predicted molar refractivity (Wildman–Crippen MR) is 71.0 cm³/mol. The van der Waals surface area contributed by atoms with E-state index in [9.17, 15) is 4.79 Å². The van der Waals surface area contributed by atoms with Crippen LogP contribution in [0.1, 0.15) is 18.4 Å². The largest absolute Gasteiger partial charge is 0.467 e. The number of methoxy groups -OCH3 is 1. The number of nitrogens with zero attached hydrogens (tertiary/aromatic N) is 1. The smallest absolute Gasteiger partial charge is 0.338 e. The van der Waals surface area contributed by atoms with E-state index in [4.69, 9.17) is 9.47 Å². The van der Waals surface area contributed by atoms with Gasteiger partial charge in [-0.1, -0.05) is 24.3 Å². The highest BCUT2D eigenvalue weighted by Gasteiger charge is 2.53. The zero-order valence-electron chi connectivity index (χ0n) is 10.7. The van der Waals surface area contributed by atoms with Crippen molar-refractivity contribution in [2.45, 2.75) is 24.5 Å². The lowest BCUT2D eigenvalue weighted by Gasteiger charge is -2.28. The molecule has 0 spiro atoms. The molecule has 0 amide bonds. The molecule has 1 aromatic carbocycles. The van der Waals surface area contributed by atoms with Crippen molar-refractivity contribution in [2.75, 3.05) is 7.11 Å². The lowest BCUT2D eigenvalue weighted by Crippen LogP contribution is -2.47. The number of aliphatic imine (C=N–C) groups is 1. The minimum Gasteiger partial charge on any atom is -0.467 e. The van der Waals surface area contributed by atoms with Gasteiger partial charge in [-0.15, -0.1) is 0 Å². The maximum Gasteiger partial charge on any atom is 0.338 e. The maximum atomic E-state index is 12.1. The first-order valence-corrected chi connectivity index (χ1v) is 6.33. The zero-order valence-corrected chi connectivity index (χ0v) is 10.7. The molecule has 1 aliphatic heterocycles. The van der Waals surface area contributed by atoms with E-state index in [2.05, 4.69) is 4.99 Å². The van der Waals surface area contributed by atoms with Crippen molar-refractivity contribution in [1.29, 1.82) is 0 Å². The zero-order chi connectivity index (χ0) is 13.3. The van der Waals surface area contributed by atoms with Crippen molar-refractivity contribution in [1.82, 2.24) is 0 Å². The molecule has 0 bridgehead atoms. The third-order valence-corrected chi connectivity index (χ3v) is 3.57. The number of esters is 1. The lowest BCUT2D eigenvalue weighted by atomic mass is 9.84. The van der Waals surface area contributed by atoms with Gasteiger partial charge in [-0.25, -0.2) is 9.79 Å². The summed E-state index contributed by atoms with van der Waals surface area (Å²) in [5.74, 6) is 0.190. The Morgan fingerprint density at radius 3 is 2.95 bits per heavy atom. The summed E-state index contributed by atoms with van der Waals surface area (Å²) in [6.45, 7) is 0. The van der Waals surface area contributed by atoms with E-state index >= 15 is 0 Å². The highest BCUT2D eigenvalue weighted by molar-refractivity contribution is 5.99. The summed E-state index contributed by atoms with van der Waals surface area (Å²) in [7, 11) is 1.39.